The smallest absolute Gasteiger partial charge is 0.276 e. The quantitative estimate of drug-likeness (QED) is 0.322. The zero-order chi connectivity index (χ0) is 22.2. The molecule has 0 atom stereocenters. The van der Waals surface area contributed by atoms with Crippen LogP contribution in [-0.2, 0) is 9.59 Å². The first kappa shape index (κ1) is 22.8. The number of hydrazine groups is 1. The van der Waals surface area contributed by atoms with Crippen LogP contribution in [0.5, 0.6) is 11.5 Å². The monoisotopic (exact) mass is 546 g/mol. The van der Waals surface area contributed by atoms with Gasteiger partial charge in [0.15, 0.2) is 6.61 Å². The summed E-state index contributed by atoms with van der Waals surface area (Å²) in [7, 11) is 0. The van der Waals surface area contributed by atoms with Crippen molar-refractivity contribution in [2.24, 2.45) is 0 Å². The van der Waals surface area contributed by atoms with Gasteiger partial charge in [0.25, 0.3) is 11.8 Å². The highest BCUT2D eigenvalue weighted by atomic mass is 79.9. The first-order chi connectivity index (χ1) is 15.0. The van der Waals surface area contributed by atoms with Gasteiger partial charge >= 0.3 is 0 Å². The maximum absolute atomic E-state index is 12.0. The molecule has 0 spiro atoms. The lowest BCUT2D eigenvalue weighted by molar-refractivity contribution is -0.128. The lowest BCUT2D eigenvalue weighted by Crippen LogP contribution is -2.43. The van der Waals surface area contributed by atoms with Crippen molar-refractivity contribution in [2.75, 3.05) is 13.2 Å². The highest BCUT2D eigenvalue weighted by Crippen LogP contribution is 2.34. The molecule has 3 aromatic carbocycles. The van der Waals surface area contributed by atoms with Crippen LogP contribution in [0, 0.1) is 0 Å². The number of benzene rings is 3. The molecule has 8 heteroatoms. The third-order valence-electron chi connectivity index (χ3n) is 4.18. The first-order valence-electron chi connectivity index (χ1n) is 9.46. The normalized spacial score (nSPS) is 10.8. The van der Waals surface area contributed by atoms with E-state index in [2.05, 4.69) is 42.7 Å². The van der Waals surface area contributed by atoms with Gasteiger partial charge in [0.2, 0.25) is 0 Å². The molecular formula is C23H20Br2N2O4. The average molecular weight is 548 g/mol. The molecule has 0 aliphatic carbocycles. The van der Waals surface area contributed by atoms with Gasteiger partial charge in [-0.3, -0.25) is 20.4 Å². The Labute approximate surface area is 196 Å². The first-order valence-corrected chi connectivity index (χ1v) is 11.0. The molecule has 0 unspecified atom stereocenters. The molecule has 0 aliphatic heterocycles. The fourth-order valence-electron chi connectivity index (χ4n) is 2.72. The molecule has 0 radical (unpaired) electrons. The Kier molecular flexibility index (Phi) is 8.08. The van der Waals surface area contributed by atoms with Crippen LogP contribution in [0.3, 0.4) is 0 Å². The summed E-state index contributed by atoms with van der Waals surface area (Å²) >= 11 is 6.96. The second-order valence-corrected chi connectivity index (χ2v) is 8.11. The van der Waals surface area contributed by atoms with E-state index in [4.69, 9.17) is 9.47 Å². The van der Waals surface area contributed by atoms with Gasteiger partial charge in [0, 0.05) is 10.5 Å². The molecule has 0 heterocycles. The Morgan fingerprint density at radius 2 is 1.74 bits per heavy atom. The highest BCUT2D eigenvalue weighted by molar-refractivity contribution is 9.11. The molecule has 3 aromatic rings. The molecule has 0 bridgehead atoms. The summed E-state index contributed by atoms with van der Waals surface area (Å²) in [4.78, 5) is 23.9. The largest absolute Gasteiger partial charge is 0.494 e. The second-order valence-electron chi connectivity index (χ2n) is 6.40. The standard InChI is InChI=1S/C23H20Br2N2O4/c1-2-30-18-8-3-15(4-9-18)5-12-21(28)26-27-22(29)14-31-20-11-6-16-13-17(24)7-10-19(16)23(20)25/h3-13H,2,14H2,1H3,(H,26,28)(H,27,29)/b12-5+. The van der Waals surface area contributed by atoms with Crippen molar-refractivity contribution in [1.82, 2.24) is 10.9 Å². The van der Waals surface area contributed by atoms with E-state index in [1.165, 1.54) is 6.08 Å². The van der Waals surface area contributed by atoms with Gasteiger partial charge in [0.05, 0.1) is 11.1 Å². The average Bonchev–Trinajstić information content (AvgIpc) is 2.77. The molecule has 0 saturated carbocycles. The number of amides is 2. The minimum Gasteiger partial charge on any atom is -0.494 e. The van der Waals surface area contributed by atoms with Crippen LogP contribution in [0.15, 0.2) is 69.6 Å². The van der Waals surface area contributed by atoms with E-state index in [1.54, 1.807) is 12.1 Å². The van der Waals surface area contributed by atoms with Crippen molar-refractivity contribution in [3.8, 4) is 11.5 Å². The number of nitrogens with one attached hydrogen (secondary N) is 2. The van der Waals surface area contributed by atoms with Crippen molar-refractivity contribution in [3.63, 3.8) is 0 Å². The lowest BCUT2D eigenvalue weighted by Gasteiger charge is -2.11. The van der Waals surface area contributed by atoms with E-state index < -0.39 is 11.8 Å². The third-order valence-corrected chi connectivity index (χ3v) is 5.49. The van der Waals surface area contributed by atoms with Crippen LogP contribution in [0.2, 0.25) is 0 Å². The molecule has 0 saturated heterocycles. The maximum Gasteiger partial charge on any atom is 0.276 e. The van der Waals surface area contributed by atoms with E-state index in [0.717, 1.165) is 31.0 Å². The SMILES string of the molecule is CCOc1ccc(/C=C/C(=O)NNC(=O)COc2ccc3cc(Br)ccc3c2Br)cc1. The number of rotatable bonds is 7. The topological polar surface area (TPSA) is 76.7 Å². The van der Waals surface area contributed by atoms with Gasteiger partial charge in [-0.1, -0.05) is 40.2 Å². The number of halogens is 2. The van der Waals surface area contributed by atoms with E-state index in [0.29, 0.717) is 12.4 Å². The van der Waals surface area contributed by atoms with Crippen LogP contribution in [0.4, 0.5) is 0 Å². The Balaban J connectivity index is 1.47. The lowest BCUT2D eigenvalue weighted by atomic mass is 10.1. The van der Waals surface area contributed by atoms with Gasteiger partial charge < -0.3 is 9.47 Å². The minimum absolute atomic E-state index is 0.247. The van der Waals surface area contributed by atoms with E-state index in [1.807, 2.05) is 55.5 Å². The Morgan fingerprint density at radius 3 is 2.48 bits per heavy atom. The van der Waals surface area contributed by atoms with Crippen molar-refractivity contribution >= 4 is 60.5 Å². The Morgan fingerprint density at radius 1 is 0.968 bits per heavy atom. The van der Waals surface area contributed by atoms with Crippen molar-refractivity contribution in [3.05, 3.63) is 75.2 Å². The van der Waals surface area contributed by atoms with E-state index in [-0.39, 0.29) is 6.61 Å². The van der Waals surface area contributed by atoms with E-state index >= 15 is 0 Å². The molecule has 2 amide bonds. The summed E-state index contributed by atoms with van der Waals surface area (Å²) in [6.45, 7) is 2.26. The zero-order valence-corrected chi connectivity index (χ0v) is 19.8. The summed E-state index contributed by atoms with van der Waals surface area (Å²) in [5, 5.41) is 2.00. The fourth-order valence-corrected chi connectivity index (χ4v) is 3.71. The predicted molar refractivity (Wildman–Crippen MR) is 128 cm³/mol. The zero-order valence-electron chi connectivity index (χ0n) is 16.7. The third kappa shape index (κ3) is 6.57. The van der Waals surface area contributed by atoms with E-state index in [9.17, 15) is 9.59 Å². The second kappa shape index (κ2) is 11.0. The summed E-state index contributed by atoms with van der Waals surface area (Å²) in [5.74, 6) is 0.360. The van der Waals surface area contributed by atoms with Crippen LogP contribution in [-0.4, -0.2) is 25.0 Å². The molecule has 160 valence electrons. The predicted octanol–water partition coefficient (Wildman–Crippen LogP) is 5.00. The number of hydrogen-bond donors (Lipinski definition) is 2. The summed E-state index contributed by atoms with van der Waals surface area (Å²) in [6, 6.07) is 16.9. The molecule has 2 N–H and O–H groups in total. The molecule has 0 aromatic heterocycles. The highest BCUT2D eigenvalue weighted by Gasteiger charge is 2.09. The van der Waals surface area contributed by atoms with Crippen LogP contribution in [0.25, 0.3) is 16.8 Å². The number of fused-ring (bicyclic) bond motifs is 1. The van der Waals surface area contributed by atoms with Crippen LogP contribution < -0.4 is 20.3 Å². The molecule has 0 aliphatic rings. The minimum atomic E-state index is -0.481. The van der Waals surface area contributed by atoms with Crippen molar-refractivity contribution < 1.29 is 19.1 Å². The van der Waals surface area contributed by atoms with Crippen LogP contribution >= 0.6 is 31.9 Å². The maximum atomic E-state index is 12.0. The number of hydrogen-bond acceptors (Lipinski definition) is 4. The van der Waals surface area contributed by atoms with Gasteiger partial charge in [-0.2, -0.15) is 0 Å². The Hall–Kier alpha value is -2.84. The van der Waals surface area contributed by atoms with Crippen molar-refractivity contribution in [2.45, 2.75) is 6.92 Å². The number of carbonyl (C=O) groups excluding carboxylic acids is 2. The Bertz CT molecular complexity index is 1110. The number of carbonyl (C=O) groups is 2. The fraction of sp³-hybridized carbons (Fsp3) is 0.130. The summed E-state index contributed by atoms with van der Waals surface area (Å²) < 4.78 is 12.7. The summed E-state index contributed by atoms with van der Waals surface area (Å²) in [5.41, 5.74) is 5.48. The molecule has 0 fully saturated rings. The molecule has 31 heavy (non-hydrogen) atoms. The molecular weight excluding hydrogens is 528 g/mol. The van der Waals surface area contributed by atoms with Gasteiger partial charge in [-0.05, 0) is 75.6 Å². The molecule has 6 nitrogen and oxygen atoms in total. The molecule has 3 rings (SSSR count). The van der Waals surface area contributed by atoms with Crippen molar-refractivity contribution in [1.29, 1.82) is 0 Å². The van der Waals surface area contributed by atoms with Gasteiger partial charge in [-0.15, -0.1) is 0 Å². The van der Waals surface area contributed by atoms with Gasteiger partial charge in [-0.25, -0.2) is 0 Å². The van der Waals surface area contributed by atoms with Crippen LogP contribution in [0.1, 0.15) is 12.5 Å². The van der Waals surface area contributed by atoms with Gasteiger partial charge in [0.1, 0.15) is 11.5 Å². The summed E-state index contributed by atoms with van der Waals surface area (Å²) in [6.07, 6.45) is 2.97. The number of ether oxygens (including phenoxy) is 2.